The van der Waals surface area contributed by atoms with Gasteiger partial charge in [0, 0.05) is 23.1 Å². The molecule has 0 spiro atoms. The molecule has 0 saturated heterocycles. The molecule has 0 saturated carbocycles. The van der Waals surface area contributed by atoms with Crippen LogP contribution in [0, 0.1) is 6.92 Å². The smallest absolute Gasteiger partial charge is 0.224 e. The number of aromatic nitrogens is 1. The quantitative estimate of drug-likeness (QED) is 0.691. The second-order valence-electron chi connectivity index (χ2n) is 5.26. The predicted molar refractivity (Wildman–Crippen MR) is 100 cm³/mol. The number of benzene rings is 1. The fourth-order valence-electron chi connectivity index (χ4n) is 2.40. The van der Waals surface area contributed by atoms with E-state index in [9.17, 15) is 4.79 Å². The molecule has 2 heterocycles. The Morgan fingerprint density at radius 3 is 2.92 bits per heavy atom. The monoisotopic (exact) mass is 358 g/mol. The Morgan fingerprint density at radius 1 is 1.29 bits per heavy atom. The third kappa shape index (κ3) is 4.01. The summed E-state index contributed by atoms with van der Waals surface area (Å²) in [6, 6.07) is 11.5. The number of ether oxygens (including phenoxy) is 1. The van der Waals surface area contributed by atoms with Crippen molar-refractivity contribution in [1.82, 2.24) is 4.98 Å². The number of aryl methyl sites for hydroxylation is 2. The fourth-order valence-corrected chi connectivity index (χ4v) is 4.15. The van der Waals surface area contributed by atoms with Gasteiger partial charge in [-0.25, -0.2) is 4.98 Å². The summed E-state index contributed by atoms with van der Waals surface area (Å²) in [6.07, 6.45) is 1.12. The molecule has 1 aromatic carbocycles. The van der Waals surface area contributed by atoms with Crippen LogP contribution in [0.15, 0.2) is 41.8 Å². The van der Waals surface area contributed by atoms with E-state index in [4.69, 9.17) is 4.74 Å². The fraction of sp³-hybridized carbons (Fsp3) is 0.222. The third-order valence-corrected chi connectivity index (χ3v) is 5.40. The number of thiophene rings is 1. The molecule has 0 fully saturated rings. The second-order valence-corrected chi connectivity index (χ2v) is 7.50. The zero-order chi connectivity index (χ0) is 16.9. The number of carbonyl (C=O) groups is 1. The van der Waals surface area contributed by atoms with E-state index in [1.807, 2.05) is 42.6 Å². The Bertz CT molecular complexity index is 825. The maximum atomic E-state index is 12.2. The van der Waals surface area contributed by atoms with Gasteiger partial charge >= 0.3 is 0 Å². The van der Waals surface area contributed by atoms with Crippen molar-refractivity contribution >= 4 is 34.3 Å². The molecular formula is C18H18N2O2S2. The number of hydrogen-bond acceptors (Lipinski definition) is 5. The van der Waals surface area contributed by atoms with Crippen LogP contribution in [0.25, 0.3) is 10.6 Å². The molecule has 1 amide bonds. The summed E-state index contributed by atoms with van der Waals surface area (Å²) in [4.78, 5) is 19.2. The zero-order valence-electron chi connectivity index (χ0n) is 13.5. The van der Waals surface area contributed by atoms with Gasteiger partial charge in [0.15, 0.2) is 0 Å². The SMILES string of the molecule is COc1cccc(NC(=O)CCc2sc(C)nc2-c2cccs2)c1. The van der Waals surface area contributed by atoms with Crippen LogP contribution in [-0.2, 0) is 11.2 Å². The van der Waals surface area contributed by atoms with Gasteiger partial charge in [0.05, 0.1) is 22.7 Å². The van der Waals surface area contributed by atoms with Gasteiger partial charge in [0.1, 0.15) is 5.75 Å². The summed E-state index contributed by atoms with van der Waals surface area (Å²) in [7, 11) is 1.61. The van der Waals surface area contributed by atoms with Crippen molar-refractivity contribution in [3.63, 3.8) is 0 Å². The summed E-state index contributed by atoms with van der Waals surface area (Å²) in [5.41, 5.74) is 1.76. The zero-order valence-corrected chi connectivity index (χ0v) is 15.2. The number of methoxy groups -OCH3 is 1. The summed E-state index contributed by atoms with van der Waals surface area (Å²) >= 11 is 3.34. The van der Waals surface area contributed by atoms with Crippen molar-refractivity contribution in [3.8, 4) is 16.3 Å². The maximum Gasteiger partial charge on any atom is 0.224 e. The Morgan fingerprint density at radius 2 is 2.17 bits per heavy atom. The molecule has 1 N–H and O–H groups in total. The topological polar surface area (TPSA) is 51.2 Å². The van der Waals surface area contributed by atoms with Crippen LogP contribution in [0.3, 0.4) is 0 Å². The van der Waals surface area contributed by atoms with Gasteiger partial charge in [0.2, 0.25) is 5.91 Å². The highest BCUT2D eigenvalue weighted by atomic mass is 32.1. The number of thiazole rings is 1. The summed E-state index contributed by atoms with van der Waals surface area (Å²) in [6.45, 7) is 2.00. The van der Waals surface area contributed by atoms with Crippen molar-refractivity contribution < 1.29 is 9.53 Å². The molecular weight excluding hydrogens is 340 g/mol. The lowest BCUT2D eigenvalue weighted by Crippen LogP contribution is -2.12. The molecule has 0 aliphatic carbocycles. The summed E-state index contributed by atoms with van der Waals surface area (Å²) in [5, 5.41) is 5.99. The maximum absolute atomic E-state index is 12.2. The molecule has 3 rings (SSSR count). The summed E-state index contributed by atoms with van der Waals surface area (Å²) < 4.78 is 5.17. The number of nitrogens with zero attached hydrogens (tertiary/aromatic N) is 1. The molecule has 0 atom stereocenters. The lowest BCUT2D eigenvalue weighted by atomic mass is 10.2. The first-order valence-electron chi connectivity index (χ1n) is 7.60. The first kappa shape index (κ1) is 16.7. The first-order valence-corrected chi connectivity index (χ1v) is 9.29. The van der Waals surface area contributed by atoms with Crippen LogP contribution in [0.1, 0.15) is 16.3 Å². The molecule has 0 bridgehead atoms. The van der Waals surface area contributed by atoms with Crippen LogP contribution < -0.4 is 10.1 Å². The molecule has 6 heteroatoms. The van der Waals surface area contributed by atoms with Crippen LogP contribution in [0.4, 0.5) is 5.69 Å². The van der Waals surface area contributed by atoms with E-state index >= 15 is 0 Å². The van der Waals surface area contributed by atoms with Crippen LogP contribution in [0.2, 0.25) is 0 Å². The highest BCUT2D eigenvalue weighted by Crippen LogP contribution is 2.32. The molecule has 0 radical (unpaired) electrons. The van der Waals surface area contributed by atoms with Gasteiger partial charge in [0.25, 0.3) is 0 Å². The standard InChI is InChI=1S/C18H18N2O2S2/c1-12-19-18(15-7-4-10-23-15)16(24-12)8-9-17(21)20-13-5-3-6-14(11-13)22-2/h3-7,10-11H,8-9H2,1-2H3,(H,20,21). The predicted octanol–water partition coefficient (Wildman–Crippen LogP) is 4.76. The Kier molecular flexibility index (Phi) is 5.27. The lowest BCUT2D eigenvalue weighted by Gasteiger charge is -2.07. The van der Waals surface area contributed by atoms with Crippen molar-refractivity contribution in [2.75, 3.05) is 12.4 Å². The molecule has 124 valence electrons. The number of anilines is 1. The number of carbonyl (C=O) groups excluding carboxylic acids is 1. The lowest BCUT2D eigenvalue weighted by molar-refractivity contribution is -0.116. The van der Waals surface area contributed by atoms with E-state index < -0.39 is 0 Å². The van der Waals surface area contributed by atoms with E-state index in [-0.39, 0.29) is 5.91 Å². The van der Waals surface area contributed by atoms with E-state index in [0.29, 0.717) is 12.8 Å². The van der Waals surface area contributed by atoms with Crippen LogP contribution in [-0.4, -0.2) is 18.0 Å². The van der Waals surface area contributed by atoms with Crippen molar-refractivity contribution in [2.24, 2.45) is 0 Å². The first-order chi connectivity index (χ1) is 11.7. The minimum atomic E-state index is -0.00793. The van der Waals surface area contributed by atoms with Gasteiger partial charge < -0.3 is 10.1 Å². The Balaban J connectivity index is 1.64. The number of rotatable bonds is 6. The molecule has 0 unspecified atom stereocenters. The van der Waals surface area contributed by atoms with Gasteiger partial charge in [-0.05, 0) is 36.9 Å². The average molecular weight is 358 g/mol. The molecule has 3 aromatic rings. The number of hydrogen-bond donors (Lipinski definition) is 1. The van der Waals surface area contributed by atoms with Crippen molar-refractivity contribution in [1.29, 1.82) is 0 Å². The molecule has 2 aromatic heterocycles. The van der Waals surface area contributed by atoms with Crippen LogP contribution >= 0.6 is 22.7 Å². The van der Waals surface area contributed by atoms with Crippen molar-refractivity contribution in [2.45, 2.75) is 19.8 Å². The largest absolute Gasteiger partial charge is 0.497 e. The second kappa shape index (κ2) is 7.59. The molecule has 4 nitrogen and oxygen atoms in total. The van der Waals surface area contributed by atoms with Gasteiger partial charge in [-0.15, -0.1) is 22.7 Å². The number of amides is 1. The minimum Gasteiger partial charge on any atom is -0.497 e. The highest BCUT2D eigenvalue weighted by molar-refractivity contribution is 7.15. The van der Waals surface area contributed by atoms with E-state index in [2.05, 4.69) is 16.4 Å². The number of nitrogens with one attached hydrogen (secondary N) is 1. The van der Waals surface area contributed by atoms with E-state index in [1.54, 1.807) is 29.8 Å². The Hall–Kier alpha value is -2.18. The van der Waals surface area contributed by atoms with E-state index in [0.717, 1.165) is 31.9 Å². The molecule has 0 aliphatic rings. The van der Waals surface area contributed by atoms with Gasteiger partial charge in [-0.2, -0.15) is 0 Å². The highest BCUT2D eigenvalue weighted by Gasteiger charge is 2.14. The van der Waals surface area contributed by atoms with Gasteiger partial charge in [-0.1, -0.05) is 12.1 Å². The van der Waals surface area contributed by atoms with E-state index in [1.165, 1.54) is 0 Å². The molecule has 24 heavy (non-hydrogen) atoms. The van der Waals surface area contributed by atoms with Gasteiger partial charge in [-0.3, -0.25) is 4.79 Å². The van der Waals surface area contributed by atoms with Crippen LogP contribution in [0.5, 0.6) is 5.75 Å². The normalized spacial score (nSPS) is 10.6. The molecule has 0 aliphatic heterocycles. The summed E-state index contributed by atoms with van der Waals surface area (Å²) in [5.74, 6) is 0.720. The minimum absolute atomic E-state index is 0.00793. The van der Waals surface area contributed by atoms with Crippen molar-refractivity contribution in [3.05, 3.63) is 51.7 Å². The third-order valence-electron chi connectivity index (χ3n) is 3.49. The average Bonchev–Trinajstić information content (AvgIpc) is 3.22. The Labute approximate surface area is 149 Å².